The zero-order valence-electron chi connectivity index (χ0n) is 12.3. The van der Waals surface area contributed by atoms with Crippen LogP contribution in [0.4, 0.5) is 10.5 Å². The van der Waals surface area contributed by atoms with Crippen LogP contribution < -0.4 is 5.32 Å². The summed E-state index contributed by atoms with van der Waals surface area (Å²) in [6.07, 6.45) is -0.357. The van der Waals surface area contributed by atoms with Gasteiger partial charge in [0, 0.05) is 12.1 Å². The van der Waals surface area contributed by atoms with Crippen LogP contribution >= 0.6 is 0 Å². The lowest BCUT2D eigenvalue weighted by atomic mass is 10.1. The van der Waals surface area contributed by atoms with Crippen molar-refractivity contribution in [3.8, 4) is 0 Å². The average molecular weight is 296 g/mol. The highest BCUT2D eigenvalue weighted by Crippen LogP contribution is 2.15. The number of alkyl carbamates (subject to hydrolysis) is 1. The van der Waals surface area contributed by atoms with Crippen molar-refractivity contribution in [2.24, 2.45) is 0 Å². The number of non-ortho nitro benzene ring substituents is 1. The van der Waals surface area contributed by atoms with E-state index in [1.165, 1.54) is 12.1 Å². The van der Waals surface area contributed by atoms with E-state index in [0.717, 1.165) is 0 Å². The van der Waals surface area contributed by atoms with Gasteiger partial charge in [0.15, 0.2) is 0 Å². The molecule has 1 atom stereocenters. The Hall–Kier alpha value is -2.15. The molecule has 0 heterocycles. The van der Waals surface area contributed by atoms with Crippen molar-refractivity contribution in [1.29, 1.82) is 0 Å². The van der Waals surface area contributed by atoms with Crippen LogP contribution in [-0.4, -0.2) is 34.4 Å². The summed E-state index contributed by atoms with van der Waals surface area (Å²) >= 11 is 0. The first kappa shape index (κ1) is 16.9. The molecule has 1 unspecified atom stereocenters. The maximum atomic E-state index is 11.6. The van der Waals surface area contributed by atoms with Gasteiger partial charge in [-0.15, -0.1) is 0 Å². The fourth-order valence-corrected chi connectivity index (χ4v) is 1.72. The molecule has 0 aliphatic rings. The standard InChI is InChI=1S/C14H20N2O5/c1-14(2,3)21-13(18)15-11(9-17)7-10-5-4-6-12(8-10)16(19)20/h4-6,8,11,17H,7,9H2,1-3H3,(H,15,18). The topological polar surface area (TPSA) is 102 Å². The number of nitrogens with one attached hydrogen (secondary N) is 1. The van der Waals surface area contributed by atoms with E-state index in [1.54, 1.807) is 32.9 Å². The Bertz CT molecular complexity index is 510. The number of ether oxygens (including phenoxy) is 1. The molecule has 21 heavy (non-hydrogen) atoms. The van der Waals surface area contributed by atoms with Crippen LogP contribution in [0.15, 0.2) is 24.3 Å². The van der Waals surface area contributed by atoms with Crippen molar-refractivity contribution in [1.82, 2.24) is 5.32 Å². The minimum atomic E-state index is -0.632. The number of nitro groups is 1. The van der Waals surface area contributed by atoms with Crippen LogP contribution in [0.2, 0.25) is 0 Å². The second-order valence-corrected chi connectivity index (χ2v) is 5.66. The smallest absolute Gasteiger partial charge is 0.407 e. The molecule has 1 aromatic carbocycles. The third-order valence-corrected chi connectivity index (χ3v) is 2.54. The molecule has 0 radical (unpaired) electrons. The minimum Gasteiger partial charge on any atom is -0.444 e. The number of amides is 1. The molecule has 0 saturated heterocycles. The Morgan fingerprint density at radius 3 is 2.67 bits per heavy atom. The molecule has 0 fully saturated rings. The molecule has 0 saturated carbocycles. The molecule has 116 valence electrons. The van der Waals surface area contributed by atoms with Gasteiger partial charge in [0.05, 0.1) is 17.6 Å². The number of nitro benzene ring substituents is 1. The predicted molar refractivity (Wildman–Crippen MR) is 77.0 cm³/mol. The number of hydrogen-bond acceptors (Lipinski definition) is 5. The zero-order valence-corrected chi connectivity index (χ0v) is 12.3. The van der Waals surface area contributed by atoms with Crippen LogP contribution in [0.1, 0.15) is 26.3 Å². The highest BCUT2D eigenvalue weighted by atomic mass is 16.6. The first-order valence-electron chi connectivity index (χ1n) is 6.55. The molecule has 1 aromatic rings. The van der Waals surface area contributed by atoms with Crippen LogP contribution in [-0.2, 0) is 11.2 Å². The van der Waals surface area contributed by atoms with Gasteiger partial charge in [-0.05, 0) is 32.8 Å². The van der Waals surface area contributed by atoms with Crippen molar-refractivity contribution < 1.29 is 19.6 Å². The third kappa shape index (κ3) is 6.22. The summed E-state index contributed by atoms with van der Waals surface area (Å²) < 4.78 is 5.10. The molecule has 0 spiro atoms. The molecule has 0 aromatic heterocycles. The second kappa shape index (κ2) is 7.03. The van der Waals surface area contributed by atoms with Crippen molar-refractivity contribution in [3.63, 3.8) is 0 Å². The highest BCUT2D eigenvalue weighted by molar-refractivity contribution is 5.68. The maximum Gasteiger partial charge on any atom is 0.407 e. The summed E-state index contributed by atoms with van der Waals surface area (Å²) in [4.78, 5) is 21.9. The Morgan fingerprint density at radius 2 is 2.14 bits per heavy atom. The van der Waals surface area contributed by atoms with E-state index in [1.807, 2.05) is 0 Å². The van der Waals surface area contributed by atoms with Gasteiger partial charge in [0.1, 0.15) is 5.60 Å². The van der Waals surface area contributed by atoms with Gasteiger partial charge in [0.25, 0.3) is 5.69 Å². The number of carbonyl (C=O) groups excluding carboxylic acids is 1. The van der Waals surface area contributed by atoms with E-state index in [2.05, 4.69) is 5.32 Å². The number of hydrogen-bond donors (Lipinski definition) is 2. The summed E-state index contributed by atoms with van der Waals surface area (Å²) in [6, 6.07) is 5.50. The number of aliphatic hydroxyl groups is 1. The monoisotopic (exact) mass is 296 g/mol. The largest absolute Gasteiger partial charge is 0.444 e. The summed E-state index contributed by atoms with van der Waals surface area (Å²) in [5.74, 6) is 0. The maximum absolute atomic E-state index is 11.6. The lowest BCUT2D eigenvalue weighted by Gasteiger charge is -2.22. The van der Waals surface area contributed by atoms with Gasteiger partial charge in [-0.3, -0.25) is 10.1 Å². The predicted octanol–water partition coefficient (Wildman–Crippen LogP) is 2.02. The fraction of sp³-hybridized carbons (Fsp3) is 0.500. The Morgan fingerprint density at radius 1 is 1.48 bits per heavy atom. The van der Waals surface area contributed by atoms with Crippen LogP contribution in [0.3, 0.4) is 0 Å². The molecule has 1 rings (SSSR count). The number of rotatable bonds is 5. The summed E-state index contributed by atoms with van der Waals surface area (Å²) in [5.41, 5.74) is -0.00363. The molecular weight excluding hydrogens is 276 g/mol. The van der Waals surface area contributed by atoms with Gasteiger partial charge in [0.2, 0.25) is 0 Å². The average Bonchev–Trinajstić information content (AvgIpc) is 2.36. The second-order valence-electron chi connectivity index (χ2n) is 5.66. The van der Waals surface area contributed by atoms with E-state index in [0.29, 0.717) is 5.56 Å². The summed E-state index contributed by atoms with van der Waals surface area (Å²) in [7, 11) is 0. The Balaban J connectivity index is 2.68. The first-order valence-corrected chi connectivity index (χ1v) is 6.55. The number of aliphatic hydroxyl groups excluding tert-OH is 1. The van der Waals surface area contributed by atoms with Gasteiger partial charge < -0.3 is 15.2 Å². The van der Waals surface area contributed by atoms with Crippen LogP contribution in [0.25, 0.3) is 0 Å². The zero-order chi connectivity index (χ0) is 16.0. The highest BCUT2D eigenvalue weighted by Gasteiger charge is 2.19. The van der Waals surface area contributed by atoms with Crippen molar-refractivity contribution in [3.05, 3.63) is 39.9 Å². The molecule has 0 aliphatic carbocycles. The van der Waals surface area contributed by atoms with Crippen LogP contribution in [0, 0.1) is 10.1 Å². The summed E-state index contributed by atoms with van der Waals surface area (Å²) in [5, 5.41) is 22.6. The molecular formula is C14H20N2O5. The van der Waals surface area contributed by atoms with Crippen molar-refractivity contribution >= 4 is 11.8 Å². The molecule has 2 N–H and O–H groups in total. The number of nitrogens with zero attached hydrogens (tertiary/aromatic N) is 1. The lowest BCUT2D eigenvalue weighted by Crippen LogP contribution is -2.42. The van der Waals surface area contributed by atoms with E-state index in [9.17, 15) is 20.0 Å². The van der Waals surface area contributed by atoms with E-state index < -0.39 is 22.7 Å². The van der Waals surface area contributed by atoms with Crippen molar-refractivity contribution in [2.75, 3.05) is 6.61 Å². The van der Waals surface area contributed by atoms with E-state index in [4.69, 9.17) is 4.74 Å². The summed E-state index contributed by atoms with van der Waals surface area (Å²) in [6.45, 7) is 4.92. The molecule has 7 heteroatoms. The molecule has 1 amide bonds. The van der Waals surface area contributed by atoms with Gasteiger partial charge >= 0.3 is 6.09 Å². The van der Waals surface area contributed by atoms with Gasteiger partial charge in [-0.1, -0.05) is 12.1 Å². The SMILES string of the molecule is CC(C)(C)OC(=O)NC(CO)Cc1cccc([N+](=O)[O-])c1. The molecule has 0 aliphatic heterocycles. The fourth-order valence-electron chi connectivity index (χ4n) is 1.72. The minimum absolute atomic E-state index is 0.0264. The molecule has 7 nitrogen and oxygen atoms in total. The van der Waals surface area contributed by atoms with E-state index in [-0.39, 0.29) is 18.7 Å². The van der Waals surface area contributed by atoms with Gasteiger partial charge in [-0.25, -0.2) is 4.79 Å². The van der Waals surface area contributed by atoms with Gasteiger partial charge in [-0.2, -0.15) is 0 Å². The number of benzene rings is 1. The third-order valence-electron chi connectivity index (χ3n) is 2.54. The Labute approximate surface area is 123 Å². The van der Waals surface area contributed by atoms with E-state index >= 15 is 0 Å². The van der Waals surface area contributed by atoms with Crippen molar-refractivity contribution in [2.45, 2.75) is 38.8 Å². The van der Waals surface area contributed by atoms with Crippen LogP contribution in [0.5, 0.6) is 0 Å². The normalized spacial score (nSPS) is 12.6. The number of carbonyl (C=O) groups is 1. The first-order chi connectivity index (χ1) is 9.71. The lowest BCUT2D eigenvalue weighted by molar-refractivity contribution is -0.384. The Kier molecular flexibility index (Phi) is 5.66. The molecule has 0 bridgehead atoms. The quantitative estimate of drug-likeness (QED) is 0.639.